The van der Waals surface area contributed by atoms with E-state index in [1.165, 1.54) is 37.9 Å². The van der Waals surface area contributed by atoms with Crippen molar-refractivity contribution in [2.75, 3.05) is 0 Å². The highest BCUT2D eigenvalue weighted by Crippen LogP contribution is 2.31. The van der Waals surface area contributed by atoms with E-state index in [-0.39, 0.29) is 0 Å². The van der Waals surface area contributed by atoms with Gasteiger partial charge in [-0.1, -0.05) is 72.3 Å². The van der Waals surface area contributed by atoms with Gasteiger partial charge in [0.1, 0.15) is 0 Å². The molecule has 0 aliphatic rings. The van der Waals surface area contributed by atoms with E-state index in [4.69, 9.17) is 0 Å². The largest absolute Gasteiger partial charge is 0.0616 e. The Labute approximate surface area is 112 Å². The molecule has 19 heavy (non-hydrogen) atoms. The molecule has 4 rings (SSSR count). The van der Waals surface area contributed by atoms with Gasteiger partial charge in [0.05, 0.1) is 0 Å². The number of fused-ring (bicyclic) bond motifs is 5. The summed E-state index contributed by atoms with van der Waals surface area (Å²) < 4.78 is 0. The molecule has 4 aromatic carbocycles. The molecule has 0 unspecified atom stereocenters. The molecule has 0 amide bonds. The zero-order valence-electron chi connectivity index (χ0n) is 10.9. The minimum absolute atomic E-state index is 1.31. The molecule has 0 N–H and O–H groups in total. The molecule has 0 aliphatic heterocycles. The summed E-state index contributed by atoms with van der Waals surface area (Å²) in [5, 5.41) is 8.00. The average molecular weight is 242 g/mol. The highest BCUT2D eigenvalue weighted by Gasteiger charge is 2.04. The first-order valence-electron chi connectivity index (χ1n) is 6.64. The van der Waals surface area contributed by atoms with Crippen molar-refractivity contribution in [3.63, 3.8) is 0 Å². The predicted molar refractivity (Wildman–Crippen MR) is 83.7 cm³/mol. The zero-order valence-corrected chi connectivity index (χ0v) is 10.9. The van der Waals surface area contributed by atoms with Crippen molar-refractivity contribution >= 4 is 32.3 Å². The summed E-state index contributed by atoms with van der Waals surface area (Å²) in [6.07, 6.45) is 0. The lowest BCUT2D eigenvalue weighted by molar-refractivity contribution is 1.51. The Bertz CT molecular complexity index is 917. The summed E-state index contributed by atoms with van der Waals surface area (Å²) in [6.45, 7) is 2.15. The fraction of sp³-hybridized carbons (Fsp3) is 0.0526. The van der Waals surface area contributed by atoms with Crippen LogP contribution in [-0.2, 0) is 0 Å². The van der Waals surface area contributed by atoms with Crippen molar-refractivity contribution in [1.82, 2.24) is 0 Å². The molecule has 0 aromatic heterocycles. The third kappa shape index (κ3) is 1.53. The zero-order chi connectivity index (χ0) is 12.8. The summed E-state index contributed by atoms with van der Waals surface area (Å²) >= 11 is 0. The van der Waals surface area contributed by atoms with E-state index < -0.39 is 0 Å². The fourth-order valence-electron chi connectivity index (χ4n) is 2.93. The maximum absolute atomic E-state index is 2.28. The van der Waals surface area contributed by atoms with Crippen LogP contribution in [0, 0.1) is 6.92 Å². The lowest BCUT2D eigenvalue weighted by Crippen LogP contribution is -1.81. The van der Waals surface area contributed by atoms with Gasteiger partial charge in [0.2, 0.25) is 0 Å². The second-order valence-electron chi connectivity index (χ2n) is 5.17. The first-order chi connectivity index (χ1) is 9.33. The molecule has 0 spiro atoms. The van der Waals surface area contributed by atoms with Crippen molar-refractivity contribution in [2.24, 2.45) is 0 Å². The molecule has 90 valence electrons. The Morgan fingerprint density at radius 3 is 2.00 bits per heavy atom. The van der Waals surface area contributed by atoms with Crippen LogP contribution in [0.3, 0.4) is 0 Å². The van der Waals surface area contributed by atoms with Gasteiger partial charge >= 0.3 is 0 Å². The van der Waals surface area contributed by atoms with Crippen LogP contribution < -0.4 is 0 Å². The van der Waals surface area contributed by atoms with Crippen LogP contribution in [0.4, 0.5) is 0 Å². The first-order valence-corrected chi connectivity index (χ1v) is 6.64. The van der Waals surface area contributed by atoms with E-state index >= 15 is 0 Å². The molecule has 0 aliphatic carbocycles. The molecule has 0 heterocycles. The highest BCUT2D eigenvalue weighted by molar-refractivity contribution is 6.17. The van der Waals surface area contributed by atoms with Crippen molar-refractivity contribution in [2.45, 2.75) is 6.92 Å². The quantitative estimate of drug-likeness (QED) is 0.359. The Morgan fingerprint density at radius 2 is 1.16 bits per heavy atom. The maximum Gasteiger partial charge on any atom is -0.00989 e. The highest BCUT2D eigenvalue weighted by atomic mass is 14.1. The molecule has 4 aromatic rings. The van der Waals surface area contributed by atoms with Gasteiger partial charge in [-0.25, -0.2) is 0 Å². The summed E-state index contributed by atoms with van der Waals surface area (Å²) in [6, 6.07) is 24.2. The first kappa shape index (κ1) is 10.6. The van der Waals surface area contributed by atoms with Crippen LogP contribution in [0.15, 0.2) is 66.7 Å². The molecular formula is C19H14. The molecule has 0 atom stereocenters. The summed E-state index contributed by atoms with van der Waals surface area (Å²) in [7, 11) is 0. The molecule has 0 fully saturated rings. The fourth-order valence-corrected chi connectivity index (χ4v) is 2.93. The second kappa shape index (κ2) is 3.83. The van der Waals surface area contributed by atoms with Crippen molar-refractivity contribution < 1.29 is 0 Å². The van der Waals surface area contributed by atoms with Gasteiger partial charge < -0.3 is 0 Å². The van der Waals surface area contributed by atoms with E-state index in [1.807, 2.05) is 0 Å². The van der Waals surface area contributed by atoms with Crippen molar-refractivity contribution in [3.05, 3.63) is 72.3 Å². The van der Waals surface area contributed by atoms with Crippen LogP contribution in [-0.4, -0.2) is 0 Å². The SMILES string of the molecule is Cc1ccc2ccc3c4ccccc4ccc3c2c1. The van der Waals surface area contributed by atoms with Crippen LogP contribution in [0.1, 0.15) is 5.56 Å². The van der Waals surface area contributed by atoms with Gasteiger partial charge in [-0.15, -0.1) is 0 Å². The topological polar surface area (TPSA) is 0 Å². The Kier molecular flexibility index (Phi) is 2.13. The maximum atomic E-state index is 2.28. The lowest BCUT2D eigenvalue weighted by Gasteiger charge is -2.08. The van der Waals surface area contributed by atoms with E-state index in [1.54, 1.807) is 0 Å². The summed E-state index contributed by atoms with van der Waals surface area (Å²) in [4.78, 5) is 0. The number of rotatable bonds is 0. The lowest BCUT2D eigenvalue weighted by atomic mass is 9.96. The van der Waals surface area contributed by atoms with Gasteiger partial charge in [0.15, 0.2) is 0 Å². The van der Waals surface area contributed by atoms with Gasteiger partial charge in [0.25, 0.3) is 0 Å². The third-order valence-corrected chi connectivity index (χ3v) is 3.90. The van der Waals surface area contributed by atoms with Gasteiger partial charge in [0, 0.05) is 0 Å². The van der Waals surface area contributed by atoms with E-state index in [0.29, 0.717) is 0 Å². The average Bonchev–Trinajstić information content (AvgIpc) is 2.46. The molecule has 0 saturated heterocycles. The monoisotopic (exact) mass is 242 g/mol. The van der Waals surface area contributed by atoms with Crippen molar-refractivity contribution in [1.29, 1.82) is 0 Å². The minimum Gasteiger partial charge on any atom is -0.0616 e. The normalized spacial score (nSPS) is 11.4. The van der Waals surface area contributed by atoms with Crippen molar-refractivity contribution in [3.8, 4) is 0 Å². The molecule has 0 nitrogen and oxygen atoms in total. The molecular weight excluding hydrogens is 228 g/mol. The molecule has 0 radical (unpaired) electrons. The number of aryl methyl sites for hydroxylation is 1. The van der Waals surface area contributed by atoms with Crippen LogP contribution in [0.5, 0.6) is 0 Å². The molecule has 0 bridgehead atoms. The Hall–Kier alpha value is -2.34. The van der Waals surface area contributed by atoms with Crippen LogP contribution in [0.2, 0.25) is 0 Å². The minimum atomic E-state index is 1.31. The number of hydrogen-bond acceptors (Lipinski definition) is 0. The molecule has 0 heteroatoms. The van der Waals surface area contributed by atoms with E-state index in [0.717, 1.165) is 0 Å². The van der Waals surface area contributed by atoms with Crippen LogP contribution in [0.25, 0.3) is 32.3 Å². The Balaban J connectivity index is 2.28. The predicted octanol–water partition coefficient (Wildman–Crippen LogP) is 5.45. The van der Waals surface area contributed by atoms with Crippen LogP contribution >= 0.6 is 0 Å². The summed E-state index contributed by atoms with van der Waals surface area (Å²) in [5.74, 6) is 0. The summed E-state index contributed by atoms with van der Waals surface area (Å²) in [5.41, 5.74) is 1.31. The van der Waals surface area contributed by atoms with E-state index in [2.05, 4.69) is 73.7 Å². The van der Waals surface area contributed by atoms with Gasteiger partial charge in [-0.05, 0) is 39.2 Å². The van der Waals surface area contributed by atoms with Gasteiger partial charge in [-0.3, -0.25) is 0 Å². The smallest absolute Gasteiger partial charge is 0.00989 e. The Morgan fingerprint density at radius 1 is 0.526 bits per heavy atom. The number of benzene rings is 4. The third-order valence-electron chi connectivity index (χ3n) is 3.90. The molecule has 0 saturated carbocycles. The van der Waals surface area contributed by atoms with E-state index in [9.17, 15) is 0 Å². The standard InChI is InChI=1S/C19H14/c1-13-6-7-15-9-10-17-16-5-3-2-4-14(16)8-11-18(17)19(15)12-13/h2-12H,1H3. The van der Waals surface area contributed by atoms with Gasteiger partial charge in [-0.2, -0.15) is 0 Å². The number of hydrogen-bond donors (Lipinski definition) is 0. The second-order valence-corrected chi connectivity index (χ2v) is 5.17.